The van der Waals surface area contributed by atoms with Crippen molar-refractivity contribution in [1.82, 2.24) is 0 Å². The predicted octanol–water partition coefficient (Wildman–Crippen LogP) is 5.69. The SMILES string of the molecule is COC(=O)c1ccc(C(=N)c2ccc(N3CCC3=O)cc2NC(=O)c2c(Cl)cccc2C(F)(F)F)c(F)c1. The molecule has 38 heavy (non-hydrogen) atoms. The van der Waals surface area contributed by atoms with Gasteiger partial charge in [-0.15, -0.1) is 0 Å². The summed E-state index contributed by atoms with van der Waals surface area (Å²) in [6, 6.07) is 10.3. The van der Waals surface area contributed by atoms with Gasteiger partial charge in [-0.2, -0.15) is 13.2 Å². The number of esters is 1. The van der Waals surface area contributed by atoms with Crippen molar-refractivity contribution in [3.63, 3.8) is 0 Å². The van der Waals surface area contributed by atoms with E-state index in [2.05, 4.69) is 10.1 Å². The topological polar surface area (TPSA) is 99.6 Å². The average molecular weight is 548 g/mol. The fourth-order valence-corrected chi connectivity index (χ4v) is 4.15. The van der Waals surface area contributed by atoms with Crippen LogP contribution in [0.2, 0.25) is 5.02 Å². The molecule has 4 rings (SSSR count). The number of halogens is 5. The van der Waals surface area contributed by atoms with Gasteiger partial charge in [-0.1, -0.05) is 17.7 Å². The van der Waals surface area contributed by atoms with Crippen molar-refractivity contribution in [2.45, 2.75) is 12.6 Å². The Hall–Kier alpha value is -4.25. The van der Waals surface area contributed by atoms with E-state index >= 15 is 0 Å². The van der Waals surface area contributed by atoms with Gasteiger partial charge in [-0.3, -0.25) is 15.0 Å². The number of alkyl halides is 3. The molecule has 196 valence electrons. The molecule has 3 aromatic rings. The molecule has 0 unspecified atom stereocenters. The zero-order valence-electron chi connectivity index (χ0n) is 19.6. The van der Waals surface area contributed by atoms with E-state index in [4.69, 9.17) is 17.0 Å². The van der Waals surface area contributed by atoms with Gasteiger partial charge in [0.05, 0.1) is 40.2 Å². The summed E-state index contributed by atoms with van der Waals surface area (Å²) in [5.41, 5.74) is -2.77. The van der Waals surface area contributed by atoms with E-state index in [-0.39, 0.29) is 28.3 Å². The number of carbonyl (C=O) groups excluding carboxylic acids is 3. The summed E-state index contributed by atoms with van der Waals surface area (Å²) >= 11 is 5.96. The average Bonchev–Trinajstić information content (AvgIpc) is 2.86. The van der Waals surface area contributed by atoms with Crippen molar-refractivity contribution in [2.24, 2.45) is 0 Å². The van der Waals surface area contributed by atoms with Gasteiger partial charge in [0.25, 0.3) is 5.91 Å². The first-order chi connectivity index (χ1) is 17.9. The minimum absolute atomic E-state index is 0.0552. The van der Waals surface area contributed by atoms with Crippen LogP contribution < -0.4 is 10.2 Å². The Labute approximate surface area is 218 Å². The van der Waals surface area contributed by atoms with E-state index in [0.29, 0.717) is 24.7 Å². The largest absolute Gasteiger partial charge is 0.465 e. The molecule has 0 aliphatic carbocycles. The van der Waals surface area contributed by atoms with Gasteiger partial charge >= 0.3 is 12.1 Å². The molecule has 12 heteroatoms. The smallest absolute Gasteiger partial charge is 0.417 e. The molecule has 1 aliphatic rings. The monoisotopic (exact) mass is 547 g/mol. The highest BCUT2D eigenvalue weighted by atomic mass is 35.5. The Morgan fingerprint density at radius 2 is 1.79 bits per heavy atom. The Kier molecular flexibility index (Phi) is 7.23. The zero-order valence-corrected chi connectivity index (χ0v) is 20.3. The second-order valence-corrected chi connectivity index (χ2v) is 8.61. The number of β-lactam (4-membered cyclic amide) rings is 1. The maximum atomic E-state index is 14.9. The number of rotatable bonds is 6. The van der Waals surface area contributed by atoms with Gasteiger partial charge in [0.2, 0.25) is 5.91 Å². The minimum atomic E-state index is -4.89. The summed E-state index contributed by atoms with van der Waals surface area (Å²) in [6.45, 7) is 0.384. The molecule has 2 amide bonds. The van der Waals surface area contributed by atoms with Crippen LogP contribution in [0.4, 0.5) is 28.9 Å². The number of hydrogen-bond acceptors (Lipinski definition) is 5. The molecule has 1 saturated heterocycles. The normalized spacial score (nSPS) is 13.1. The van der Waals surface area contributed by atoms with Crippen LogP contribution >= 0.6 is 11.6 Å². The Bertz CT molecular complexity index is 1490. The lowest BCUT2D eigenvalue weighted by Gasteiger charge is -2.31. The first-order valence-corrected chi connectivity index (χ1v) is 11.4. The van der Waals surface area contributed by atoms with Crippen LogP contribution in [0.15, 0.2) is 54.6 Å². The third-order valence-electron chi connectivity index (χ3n) is 5.89. The number of nitrogens with one attached hydrogen (secondary N) is 2. The summed E-state index contributed by atoms with van der Waals surface area (Å²) < 4.78 is 60.2. The maximum Gasteiger partial charge on any atom is 0.417 e. The second-order valence-electron chi connectivity index (χ2n) is 8.20. The third-order valence-corrected chi connectivity index (χ3v) is 6.20. The molecular formula is C26H18ClF4N3O4. The number of ether oxygens (including phenoxy) is 1. The third kappa shape index (κ3) is 5.10. The lowest BCUT2D eigenvalue weighted by molar-refractivity contribution is -0.137. The van der Waals surface area contributed by atoms with E-state index in [1.165, 1.54) is 29.2 Å². The molecule has 1 heterocycles. The van der Waals surface area contributed by atoms with Gasteiger partial charge in [0.1, 0.15) is 5.82 Å². The summed E-state index contributed by atoms with van der Waals surface area (Å²) in [5, 5.41) is 10.5. The molecule has 3 aromatic carbocycles. The second kappa shape index (κ2) is 10.3. The van der Waals surface area contributed by atoms with Crippen molar-refractivity contribution in [3.05, 3.63) is 93.3 Å². The van der Waals surface area contributed by atoms with Crippen LogP contribution in [-0.4, -0.2) is 37.1 Å². The van der Waals surface area contributed by atoms with E-state index in [9.17, 15) is 31.9 Å². The van der Waals surface area contributed by atoms with Crippen LogP contribution in [0, 0.1) is 11.2 Å². The number of benzene rings is 3. The number of methoxy groups -OCH3 is 1. The Morgan fingerprint density at radius 1 is 1.08 bits per heavy atom. The van der Waals surface area contributed by atoms with E-state index < -0.39 is 45.7 Å². The van der Waals surface area contributed by atoms with Crippen molar-refractivity contribution in [1.29, 1.82) is 5.41 Å². The standard InChI is InChI=1S/C26H18ClF4N3O4/c1-38-25(37)13-5-7-15(19(28)11-13)23(32)16-8-6-14(34-10-9-21(34)35)12-20(16)33-24(36)22-17(26(29,30)31)3-2-4-18(22)27/h2-8,11-12,32H,9-10H2,1H3,(H,33,36). The Balaban J connectivity index is 1.78. The van der Waals surface area contributed by atoms with Gasteiger partial charge in [0, 0.05) is 29.8 Å². The lowest BCUT2D eigenvalue weighted by atomic mass is 9.97. The molecule has 0 saturated carbocycles. The van der Waals surface area contributed by atoms with Gasteiger partial charge in [-0.25, -0.2) is 9.18 Å². The maximum absolute atomic E-state index is 14.9. The first kappa shape index (κ1) is 26.8. The number of anilines is 2. The summed E-state index contributed by atoms with van der Waals surface area (Å²) in [5.74, 6) is -3.16. The van der Waals surface area contributed by atoms with Crippen LogP contribution in [0.25, 0.3) is 0 Å². The zero-order chi connectivity index (χ0) is 27.8. The number of hydrogen-bond donors (Lipinski definition) is 2. The predicted molar refractivity (Wildman–Crippen MR) is 131 cm³/mol. The molecule has 1 aliphatic heterocycles. The number of amides is 2. The van der Waals surface area contributed by atoms with Gasteiger partial charge in [0.15, 0.2) is 0 Å². The van der Waals surface area contributed by atoms with Gasteiger partial charge in [-0.05, 0) is 48.5 Å². The summed E-state index contributed by atoms with van der Waals surface area (Å²) in [7, 11) is 1.12. The van der Waals surface area contributed by atoms with E-state index in [1.54, 1.807) is 0 Å². The molecule has 7 nitrogen and oxygen atoms in total. The van der Waals surface area contributed by atoms with Crippen LogP contribution in [-0.2, 0) is 15.7 Å². The van der Waals surface area contributed by atoms with Crippen LogP contribution in [0.5, 0.6) is 0 Å². The van der Waals surface area contributed by atoms with Crippen LogP contribution in [0.3, 0.4) is 0 Å². The highest BCUT2D eigenvalue weighted by molar-refractivity contribution is 6.35. The van der Waals surface area contributed by atoms with Crippen molar-refractivity contribution in [3.8, 4) is 0 Å². The molecular weight excluding hydrogens is 530 g/mol. The summed E-state index contributed by atoms with van der Waals surface area (Å²) in [6.07, 6.45) is -4.59. The number of nitrogens with zero attached hydrogens (tertiary/aromatic N) is 1. The van der Waals surface area contributed by atoms with E-state index in [1.807, 2.05) is 0 Å². The molecule has 1 fully saturated rings. The highest BCUT2D eigenvalue weighted by Crippen LogP contribution is 2.36. The minimum Gasteiger partial charge on any atom is -0.465 e. The molecule has 0 radical (unpaired) electrons. The Morgan fingerprint density at radius 3 is 2.37 bits per heavy atom. The molecule has 0 atom stereocenters. The highest BCUT2D eigenvalue weighted by Gasteiger charge is 2.36. The molecule has 2 N–H and O–H groups in total. The van der Waals surface area contributed by atoms with E-state index in [0.717, 1.165) is 31.4 Å². The molecule has 0 aromatic heterocycles. The first-order valence-electron chi connectivity index (χ1n) is 11.0. The summed E-state index contributed by atoms with van der Waals surface area (Å²) in [4.78, 5) is 38.1. The number of carbonyl (C=O) groups is 3. The lowest BCUT2D eigenvalue weighted by Crippen LogP contribution is -2.43. The fraction of sp³-hybridized carbons (Fsp3) is 0.154. The van der Waals surface area contributed by atoms with Crippen LogP contribution in [0.1, 0.15) is 43.8 Å². The fourth-order valence-electron chi connectivity index (χ4n) is 3.89. The quantitative estimate of drug-likeness (QED) is 0.179. The van der Waals surface area contributed by atoms with Gasteiger partial charge < -0.3 is 15.0 Å². The molecule has 0 bridgehead atoms. The van der Waals surface area contributed by atoms with Crippen molar-refractivity contribution in [2.75, 3.05) is 23.9 Å². The van der Waals surface area contributed by atoms with Crippen molar-refractivity contribution < 1.29 is 36.7 Å². The van der Waals surface area contributed by atoms with Crippen molar-refractivity contribution >= 4 is 46.5 Å². The molecule has 0 spiro atoms.